The number of nitrogens with one attached hydrogen (secondary N) is 1. The molecule has 0 radical (unpaired) electrons. The SMILES string of the molecule is CC1CC2CN(C(=O)CNC3(c4ccccn4)CC3)CC1N2c1ccc(C#N)cn1. The van der Waals surface area contributed by atoms with Gasteiger partial charge in [-0.15, -0.1) is 0 Å². The molecular formula is C23H26N6O. The Bertz CT molecular complexity index is 965. The van der Waals surface area contributed by atoms with E-state index >= 15 is 0 Å². The van der Waals surface area contributed by atoms with Gasteiger partial charge in [0.15, 0.2) is 0 Å². The average Bonchev–Trinajstić information content (AvgIpc) is 3.55. The summed E-state index contributed by atoms with van der Waals surface area (Å²) in [6.45, 7) is 4.05. The lowest BCUT2D eigenvalue weighted by atomic mass is 10.0. The minimum atomic E-state index is -0.128. The Balaban J connectivity index is 1.25. The summed E-state index contributed by atoms with van der Waals surface area (Å²) in [6, 6.07) is 12.4. The number of likely N-dealkylation sites (tertiary alicyclic amines) is 1. The predicted molar refractivity (Wildman–Crippen MR) is 113 cm³/mol. The molecule has 0 spiro atoms. The smallest absolute Gasteiger partial charge is 0.236 e. The Kier molecular flexibility index (Phi) is 4.67. The molecule has 2 bridgehead atoms. The van der Waals surface area contributed by atoms with Gasteiger partial charge in [-0.25, -0.2) is 4.98 Å². The maximum Gasteiger partial charge on any atom is 0.236 e. The third kappa shape index (κ3) is 3.31. The molecule has 2 saturated heterocycles. The number of fused-ring (bicyclic) bond motifs is 2. The molecule has 1 saturated carbocycles. The number of nitrogens with zero attached hydrogens (tertiary/aromatic N) is 5. The first kappa shape index (κ1) is 19.0. The van der Waals surface area contributed by atoms with Crippen LogP contribution in [0.3, 0.4) is 0 Å². The lowest BCUT2D eigenvalue weighted by Crippen LogP contribution is -2.58. The summed E-state index contributed by atoms with van der Waals surface area (Å²) in [5.74, 6) is 1.57. The third-order valence-corrected chi connectivity index (χ3v) is 6.87. The van der Waals surface area contributed by atoms with Crippen molar-refractivity contribution in [3.8, 4) is 6.07 Å². The molecule has 0 aromatic carbocycles. The first-order valence-electron chi connectivity index (χ1n) is 10.7. The fraction of sp³-hybridized carbons (Fsp3) is 0.478. The zero-order chi connectivity index (χ0) is 20.7. The van der Waals surface area contributed by atoms with Gasteiger partial charge in [0, 0.05) is 31.5 Å². The normalized spacial score (nSPS) is 26.3. The van der Waals surface area contributed by atoms with Gasteiger partial charge in [0.25, 0.3) is 0 Å². The van der Waals surface area contributed by atoms with Crippen molar-refractivity contribution in [2.45, 2.75) is 43.8 Å². The van der Waals surface area contributed by atoms with Crippen LogP contribution in [-0.4, -0.2) is 52.5 Å². The van der Waals surface area contributed by atoms with E-state index in [9.17, 15) is 4.79 Å². The van der Waals surface area contributed by atoms with E-state index in [0.717, 1.165) is 43.9 Å². The fourth-order valence-corrected chi connectivity index (χ4v) is 5.05. The molecule has 2 aliphatic heterocycles. The highest BCUT2D eigenvalue weighted by Gasteiger charge is 2.48. The summed E-state index contributed by atoms with van der Waals surface area (Å²) < 4.78 is 0. The monoisotopic (exact) mass is 402 g/mol. The minimum Gasteiger partial charge on any atom is -0.347 e. The molecule has 2 aromatic heterocycles. The largest absolute Gasteiger partial charge is 0.347 e. The standard InChI is InChI=1S/C23H26N6O/c1-16-10-18-14-28(15-19(16)29(18)21-6-5-17(11-24)12-26-21)22(30)13-27-23(7-8-23)20-4-2-3-9-25-20/h2-6,9,12,16,18-19,27H,7-8,10,13-15H2,1H3. The van der Waals surface area contributed by atoms with Crippen molar-refractivity contribution < 1.29 is 4.79 Å². The second kappa shape index (κ2) is 7.37. The van der Waals surface area contributed by atoms with E-state index in [1.54, 1.807) is 6.20 Å². The highest BCUT2D eigenvalue weighted by Crippen LogP contribution is 2.44. The van der Waals surface area contributed by atoms with Gasteiger partial charge in [-0.1, -0.05) is 13.0 Å². The Hall–Kier alpha value is -2.98. The van der Waals surface area contributed by atoms with Crippen molar-refractivity contribution >= 4 is 11.7 Å². The van der Waals surface area contributed by atoms with Crippen LogP contribution in [0.1, 0.15) is 37.4 Å². The minimum absolute atomic E-state index is 0.128. The van der Waals surface area contributed by atoms with Crippen molar-refractivity contribution in [1.29, 1.82) is 5.26 Å². The number of amides is 1. The van der Waals surface area contributed by atoms with Crippen LogP contribution < -0.4 is 10.2 Å². The number of carbonyl (C=O) groups excluding carboxylic acids is 1. The summed E-state index contributed by atoms with van der Waals surface area (Å²) in [5.41, 5.74) is 1.47. The summed E-state index contributed by atoms with van der Waals surface area (Å²) in [4.78, 5) is 26.4. The van der Waals surface area contributed by atoms with E-state index in [1.165, 1.54) is 0 Å². The van der Waals surface area contributed by atoms with Crippen molar-refractivity contribution in [3.05, 3.63) is 54.0 Å². The van der Waals surface area contributed by atoms with Crippen LogP contribution >= 0.6 is 0 Å². The van der Waals surface area contributed by atoms with E-state index in [-0.39, 0.29) is 23.5 Å². The van der Waals surface area contributed by atoms with E-state index in [1.807, 2.05) is 41.4 Å². The van der Waals surface area contributed by atoms with Crippen molar-refractivity contribution in [1.82, 2.24) is 20.2 Å². The van der Waals surface area contributed by atoms with Gasteiger partial charge < -0.3 is 9.80 Å². The topological polar surface area (TPSA) is 85.2 Å². The number of aromatic nitrogens is 2. The molecule has 1 amide bonds. The van der Waals surface area contributed by atoms with Gasteiger partial charge in [-0.3, -0.25) is 15.1 Å². The molecule has 7 heteroatoms. The first-order chi connectivity index (χ1) is 14.6. The molecule has 154 valence electrons. The molecule has 1 aliphatic carbocycles. The molecule has 1 N–H and O–H groups in total. The summed E-state index contributed by atoms with van der Waals surface area (Å²) >= 11 is 0. The zero-order valence-electron chi connectivity index (χ0n) is 17.2. The number of nitriles is 1. The van der Waals surface area contributed by atoms with E-state index in [0.29, 0.717) is 18.0 Å². The second-order valence-corrected chi connectivity index (χ2v) is 8.81. The molecule has 30 heavy (non-hydrogen) atoms. The lowest BCUT2D eigenvalue weighted by molar-refractivity contribution is -0.131. The molecule has 7 nitrogen and oxygen atoms in total. The molecule has 4 heterocycles. The number of hydrogen-bond donors (Lipinski definition) is 1. The second-order valence-electron chi connectivity index (χ2n) is 8.81. The average molecular weight is 403 g/mol. The third-order valence-electron chi connectivity index (χ3n) is 6.87. The Morgan fingerprint density at radius 1 is 1.27 bits per heavy atom. The molecule has 3 fully saturated rings. The van der Waals surface area contributed by atoms with Crippen LogP contribution in [0.4, 0.5) is 5.82 Å². The summed E-state index contributed by atoms with van der Waals surface area (Å²) in [5, 5.41) is 12.5. The number of hydrogen-bond acceptors (Lipinski definition) is 6. The van der Waals surface area contributed by atoms with E-state index in [4.69, 9.17) is 5.26 Å². The first-order valence-corrected chi connectivity index (χ1v) is 10.7. The maximum absolute atomic E-state index is 13.0. The van der Waals surface area contributed by atoms with Gasteiger partial charge in [-0.2, -0.15) is 5.26 Å². The molecule has 5 rings (SSSR count). The van der Waals surface area contributed by atoms with Gasteiger partial charge in [-0.05, 0) is 49.4 Å². The van der Waals surface area contributed by atoms with Gasteiger partial charge >= 0.3 is 0 Å². The number of anilines is 1. The van der Waals surface area contributed by atoms with Crippen LogP contribution in [0.2, 0.25) is 0 Å². The Morgan fingerprint density at radius 2 is 2.13 bits per heavy atom. The van der Waals surface area contributed by atoms with Crippen LogP contribution in [0.5, 0.6) is 0 Å². The predicted octanol–water partition coefficient (Wildman–Crippen LogP) is 2.05. The van der Waals surface area contributed by atoms with Crippen molar-refractivity contribution in [3.63, 3.8) is 0 Å². The molecule has 3 atom stereocenters. The maximum atomic E-state index is 13.0. The molecule has 3 unspecified atom stereocenters. The highest BCUT2D eigenvalue weighted by molar-refractivity contribution is 5.79. The summed E-state index contributed by atoms with van der Waals surface area (Å²) in [6.07, 6.45) is 6.55. The number of rotatable bonds is 5. The van der Waals surface area contributed by atoms with Gasteiger partial charge in [0.1, 0.15) is 11.9 Å². The summed E-state index contributed by atoms with van der Waals surface area (Å²) in [7, 11) is 0. The Morgan fingerprint density at radius 3 is 2.77 bits per heavy atom. The van der Waals surface area contributed by atoms with Crippen LogP contribution in [-0.2, 0) is 10.3 Å². The van der Waals surface area contributed by atoms with Gasteiger partial charge in [0.05, 0.1) is 29.4 Å². The zero-order valence-corrected chi connectivity index (χ0v) is 17.2. The quantitative estimate of drug-likeness (QED) is 0.824. The number of piperazine rings is 1. The van der Waals surface area contributed by atoms with Crippen LogP contribution in [0.15, 0.2) is 42.7 Å². The highest BCUT2D eigenvalue weighted by atomic mass is 16.2. The molecular weight excluding hydrogens is 376 g/mol. The lowest BCUT2D eigenvalue weighted by Gasteiger charge is -2.42. The number of carbonyl (C=O) groups is 1. The van der Waals surface area contributed by atoms with Crippen LogP contribution in [0, 0.1) is 17.2 Å². The van der Waals surface area contributed by atoms with Crippen molar-refractivity contribution in [2.75, 3.05) is 24.5 Å². The van der Waals surface area contributed by atoms with E-state index < -0.39 is 0 Å². The molecule has 2 aromatic rings. The Labute approximate surface area is 176 Å². The van der Waals surface area contributed by atoms with Gasteiger partial charge in [0.2, 0.25) is 5.91 Å². The van der Waals surface area contributed by atoms with E-state index in [2.05, 4.69) is 33.2 Å². The van der Waals surface area contributed by atoms with Crippen LogP contribution in [0.25, 0.3) is 0 Å². The fourth-order valence-electron chi connectivity index (χ4n) is 5.05. The van der Waals surface area contributed by atoms with Crippen molar-refractivity contribution in [2.24, 2.45) is 5.92 Å². The molecule has 3 aliphatic rings. The number of pyridine rings is 2.